The minimum atomic E-state index is 0.642. The topological polar surface area (TPSA) is 16.1 Å². The maximum atomic E-state index is 5.97. The molecule has 3 rings (SSSR count). The summed E-state index contributed by atoms with van der Waals surface area (Å²) in [4.78, 5) is 6.89. The van der Waals surface area contributed by atoms with Crippen molar-refractivity contribution in [2.45, 2.75) is 44.6 Å². The fourth-order valence-electron chi connectivity index (χ4n) is 3.21. The number of fused-ring (bicyclic) bond motifs is 1. The van der Waals surface area contributed by atoms with Crippen molar-refractivity contribution < 1.29 is 0 Å². The molecule has 2 nitrogen and oxygen atoms in total. The predicted octanol–water partition coefficient (Wildman–Crippen LogP) is 3.08. The van der Waals surface area contributed by atoms with Gasteiger partial charge in [0.1, 0.15) is 5.15 Å². The molecule has 92 valence electrons. The molecule has 17 heavy (non-hydrogen) atoms. The first-order valence-electron chi connectivity index (χ1n) is 6.70. The highest BCUT2D eigenvalue weighted by atomic mass is 35.5. The molecule has 0 saturated carbocycles. The average Bonchev–Trinajstić information content (AvgIpc) is 2.77. The Balaban J connectivity index is 1.74. The van der Waals surface area contributed by atoms with Crippen LogP contribution in [0.15, 0.2) is 12.3 Å². The Hall–Kier alpha value is -0.600. The van der Waals surface area contributed by atoms with Crippen LogP contribution >= 0.6 is 11.6 Å². The standard InChI is InChI=1S/C14H19ClN2/c15-14-9-11-3-5-13(17-7-1-2-8-17)6-4-12(11)10-16-14/h9-10,13H,1-8H2. The number of aromatic nitrogens is 1. The van der Waals surface area contributed by atoms with Crippen LogP contribution in [-0.4, -0.2) is 29.0 Å². The van der Waals surface area contributed by atoms with Gasteiger partial charge in [-0.25, -0.2) is 4.98 Å². The first-order valence-corrected chi connectivity index (χ1v) is 7.08. The first-order chi connectivity index (χ1) is 8.33. The lowest BCUT2D eigenvalue weighted by Crippen LogP contribution is -2.32. The molecule has 1 aliphatic heterocycles. The summed E-state index contributed by atoms with van der Waals surface area (Å²) in [5, 5.41) is 0.642. The molecule has 2 heterocycles. The fourth-order valence-corrected chi connectivity index (χ4v) is 3.40. The molecule has 1 fully saturated rings. The quantitative estimate of drug-likeness (QED) is 0.563. The summed E-state index contributed by atoms with van der Waals surface area (Å²) in [6, 6.07) is 2.84. The maximum Gasteiger partial charge on any atom is 0.129 e. The van der Waals surface area contributed by atoms with Gasteiger partial charge in [0.25, 0.3) is 0 Å². The lowest BCUT2D eigenvalue weighted by molar-refractivity contribution is 0.222. The lowest BCUT2D eigenvalue weighted by Gasteiger charge is -2.25. The maximum absolute atomic E-state index is 5.97. The highest BCUT2D eigenvalue weighted by Crippen LogP contribution is 2.26. The van der Waals surface area contributed by atoms with Gasteiger partial charge in [-0.3, -0.25) is 0 Å². The van der Waals surface area contributed by atoms with E-state index in [1.807, 2.05) is 6.20 Å². The summed E-state index contributed by atoms with van der Waals surface area (Å²) >= 11 is 5.97. The summed E-state index contributed by atoms with van der Waals surface area (Å²) in [6.45, 7) is 2.61. The van der Waals surface area contributed by atoms with E-state index in [1.165, 1.54) is 62.7 Å². The first kappa shape index (κ1) is 11.5. The summed E-state index contributed by atoms with van der Waals surface area (Å²) in [5.41, 5.74) is 2.84. The molecule has 3 heteroatoms. The van der Waals surface area contributed by atoms with Crippen LogP contribution in [0.3, 0.4) is 0 Å². The van der Waals surface area contributed by atoms with Crippen LogP contribution in [-0.2, 0) is 12.8 Å². The van der Waals surface area contributed by atoms with Gasteiger partial charge in [-0.1, -0.05) is 11.6 Å². The number of likely N-dealkylation sites (tertiary alicyclic amines) is 1. The number of hydrogen-bond donors (Lipinski definition) is 0. The fraction of sp³-hybridized carbons (Fsp3) is 0.643. The monoisotopic (exact) mass is 250 g/mol. The average molecular weight is 251 g/mol. The molecule has 2 aliphatic rings. The SMILES string of the molecule is Clc1cc2c(cn1)CCC(N1CCCC1)CC2. The second-order valence-corrected chi connectivity index (χ2v) is 5.64. The van der Waals surface area contributed by atoms with Crippen LogP contribution in [0.5, 0.6) is 0 Å². The summed E-state index contributed by atoms with van der Waals surface area (Å²) in [6.07, 6.45) is 9.65. The van der Waals surface area contributed by atoms with Gasteiger partial charge >= 0.3 is 0 Å². The van der Waals surface area contributed by atoms with Gasteiger partial charge in [0, 0.05) is 12.2 Å². The largest absolute Gasteiger partial charge is 0.300 e. The van der Waals surface area contributed by atoms with E-state index in [4.69, 9.17) is 11.6 Å². The van der Waals surface area contributed by atoms with E-state index in [-0.39, 0.29) is 0 Å². The molecule has 0 radical (unpaired) electrons. The molecule has 0 bridgehead atoms. The zero-order chi connectivity index (χ0) is 11.7. The molecule has 1 aromatic heterocycles. The Labute approximate surface area is 108 Å². The Morgan fingerprint density at radius 2 is 1.82 bits per heavy atom. The Bertz CT molecular complexity index is 399. The third kappa shape index (κ3) is 2.48. The highest BCUT2D eigenvalue weighted by Gasteiger charge is 2.24. The van der Waals surface area contributed by atoms with Gasteiger partial charge in [0.15, 0.2) is 0 Å². The van der Waals surface area contributed by atoms with Gasteiger partial charge in [-0.15, -0.1) is 0 Å². The molecule has 1 atom stereocenters. The molecule has 1 aliphatic carbocycles. The summed E-state index contributed by atoms with van der Waals surface area (Å²) in [7, 11) is 0. The minimum absolute atomic E-state index is 0.642. The van der Waals surface area contributed by atoms with Crippen molar-refractivity contribution in [3.05, 3.63) is 28.5 Å². The van der Waals surface area contributed by atoms with Gasteiger partial charge in [-0.05, 0) is 68.8 Å². The van der Waals surface area contributed by atoms with Crippen LogP contribution in [0.4, 0.5) is 0 Å². The number of nitrogens with zero attached hydrogens (tertiary/aromatic N) is 2. The molecule has 1 saturated heterocycles. The zero-order valence-electron chi connectivity index (χ0n) is 10.2. The second kappa shape index (κ2) is 4.95. The molecule has 0 aromatic carbocycles. The normalized spacial score (nSPS) is 25.6. The zero-order valence-corrected chi connectivity index (χ0v) is 10.9. The van der Waals surface area contributed by atoms with E-state index in [0.29, 0.717) is 5.15 Å². The van der Waals surface area contributed by atoms with Crippen molar-refractivity contribution in [3.63, 3.8) is 0 Å². The second-order valence-electron chi connectivity index (χ2n) is 5.25. The number of pyridine rings is 1. The van der Waals surface area contributed by atoms with E-state index in [0.717, 1.165) is 6.04 Å². The number of aryl methyl sites for hydroxylation is 2. The molecule has 1 aromatic rings. The van der Waals surface area contributed by atoms with E-state index in [9.17, 15) is 0 Å². The van der Waals surface area contributed by atoms with E-state index >= 15 is 0 Å². The Kier molecular flexibility index (Phi) is 3.34. The van der Waals surface area contributed by atoms with E-state index in [2.05, 4.69) is 16.0 Å². The van der Waals surface area contributed by atoms with Crippen molar-refractivity contribution in [2.75, 3.05) is 13.1 Å². The van der Waals surface area contributed by atoms with Crippen molar-refractivity contribution in [1.82, 2.24) is 9.88 Å². The van der Waals surface area contributed by atoms with Crippen molar-refractivity contribution in [1.29, 1.82) is 0 Å². The molecule has 0 spiro atoms. The Morgan fingerprint density at radius 1 is 1.12 bits per heavy atom. The van der Waals surface area contributed by atoms with Crippen molar-refractivity contribution in [3.8, 4) is 0 Å². The molecule has 0 N–H and O–H groups in total. The van der Waals surface area contributed by atoms with E-state index in [1.54, 1.807) is 0 Å². The molecule has 0 amide bonds. The van der Waals surface area contributed by atoms with Gasteiger partial charge in [0.2, 0.25) is 0 Å². The van der Waals surface area contributed by atoms with Gasteiger partial charge in [-0.2, -0.15) is 0 Å². The summed E-state index contributed by atoms with van der Waals surface area (Å²) in [5.74, 6) is 0. The third-order valence-electron chi connectivity index (χ3n) is 4.20. The van der Waals surface area contributed by atoms with Gasteiger partial charge in [0.05, 0.1) is 0 Å². The third-order valence-corrected chi connectivity index (χ3v) is 4.41. The lowest BCUT2D eigenvalue weighted by atomic mass is 10.1. The van der Waals surface area contributed by atoms with Crippen molar-refractivity contribution in [2.24, 2.45) is 0 Å². The van der Waals surface area contributed by atoms with Gasteiger partial charge < -0.3 is 4.90 Å². The number of rotatable bonds is 1. The predicted molar refractivity (Wildman–Crippen MR) is 70.5 cm³/mol. The Morgan fingerprint density at radius 3 is 2.59 bits per heavy atom. The minimum Gasteiger partial charge on any atom is -0.300 e. The number of halogens is 1. The van der Waals surface area contributed by atoms with Crippen LogP contribution in [0.25, 0.3) is 0 Å². The van der Waals surface area contributed by atoms with E-state index < -0.39 is 0 Å². The summed E-state index contributed by atoms with van der Waals surface area (Å²) < 4.78 is 0. The molecular formula is C14H19ClN2. The molecular weight excluding hydrogens is 232 g/mol. The number of hydrogen-bond acceptors (Lipinski definition) is 2. The van der Waals surface area contributed by atoms with Crippen LogP contribution in [0.1, 0.15) is 36.8 Å². The molecule has 1 unspecified atom stereocenters. The van der Waals surface area contributed by atoms with Crippen LogP contribution in [0.2, 0.25) is 5.15 Å². The van der Waals surface area contributed by atoms with Crippen LogP contribution in [0, 0.1) is 0 Å². The van der Waals surface area contributed by atoms with Crippen molar-refractivity contribution >= 4 is 11.6 Å². The highest BCUT2D eigenvalue weighted by molar-refractivity contribution is 6.29. The smallest absolute Gasteiger partial charge is 0.129 e. The van der Waals surface area contributed by atoms with Crippen LogP contribution < -0.4 is 0 Å².